The van der Waals surface area contributed by atoms with E-state index in [0.717, 1.165) is 0 Å². The summed E-state index contributed by atoms with van der Waals surface area (Å²) in [4.78, 5) is 35.1. The van der Waals surface area contributed by atoms with E-state index >= 15 is 0 Å². The van der Waals surface area contributed by atoms with Crippen molar-refractivity contribution in [2.45, 2.75) is 19.9 Å². The zero-order valence-electron chi connectivity index (χ0n) is 11.0. The maximum Gasteiger partial charge on any atom is 0.271 e. The van der Waals surface area contributed by atoms with E-state index in [0.29, 0.717) is 11.0 Å². The molecule has 2 N–H and O–H groups in total. The fourth-order valence-electron chi connectivity index (χ4n) is 1.46. The van der Waals surface area contributed by atoms with Crippen molar-refractivity contribution < 1.29 is 9.59 Å². The van der Waals surface area contributed by atoms with Gasteiger partial charge in [-0.3, -0.25) is 9.59 Å². The summed E-state index contributed by atoms with van der Waals surface area (Å²) in [6, 6.07) is 1.38. The molecule has 1 unspecified atom stereocenters. The molecule has 2 amide bonds. The van der Waals surface area contributed by atoms with Crippen LogP contribution in [0, 0.1) is 0 Å². The average molecular weight is 291 g/mol. The Bertz CT molecular complexity index is 613. The van der Waals surface area contributed by atoms with E-state index < -0.39 is 0 Å². The van der Waals surface area contributed by atoms with Gasteiger partial charge in [-0.05, 0) is 13.0 Å². The van der Waals surface area contributed by atoms with Crippen LogP contribution in [0.4, 0.5) is 5.13 Å². The van der Waals surface area contributed by atoms with E-state index in [-0.39, 0.29) is 23.6 Å². The molecule has 0 aliphatic carbocycles. The van der Waals surface area contributed by atoms with Crippen molar-refractivity contribution in [2.75, 3.05) is 5.32 Å². The van der Waals surface area contributed by atoms with Gasteiger partial charge in [-0.2, -0.15) is 0 Å². The Morgan fingerprint density at radius 2 is 2.00 bits per heavy atom. The first-order chi connectivity index (χ1) is 9.56. The summed E-state index contributed by atoms with van der Waals surface area (Å²) < 4.78 is 0. The number of anilines is 1. The summed E-state index contributed by atoms with van der Waals surface area (Å²) in [6.07, 6.45) is 3.23. The first-order valence-electron chi connectivity index (χ1n) is 5.87. The second-order valence-corrected chi connectivity index (χ2v) is 4.88. The Hall–Kier alpha value is -2.35. The van der Waals surface area contributed by atoms with Crippen molar-refractivity contribution in [3.8, 4) is 0 Å². The van der Waals surface area contributed by atoms with Crippen LogP contribution in [0.5, 0.6) is 0 Å². The van der Waals surface area contributed by atoms with Crippen LogP contribution in [0.3, 0.4) is 0 Å². The van der Waals surface area contributed by atoms with Crippen LogP contribution in [-0.4, -0.2) is 26.8 Å². The normalized spacial score (nSPS) is 11.7. The molecule has 2 rings (SSSR count). The van der Waals surface area contributed by atoms with Crippen LogP contribution in [-0.2, 0) is 4.79 Å². The maximum absolute atomic E-state index is 12.0. The minimum atomic E-state index is -0.335. The molecule has 0 saturated carbocycles. The molecule has 7 nitrogen and oxygen atoms in total. The van der Waals surface area contributed by atoms with Gasteiger partial charge in [-0.25, -0.2) is 15.0 Å². The molecule has 0 aromatic carbocycles. The predicted octanol–water partition coefficient (Wildman–Crippen LogP) is 1.38. The number of amides is 2. The topological polar surface area (TPSA) is 96.9 Å². The lowest BCUT2D eigenvalue weighted by atomic mass is 10.3. The van der Waals surface area contributed by atoms with Gasteiger partial charge in [0.05, 0.1) is 6.04 Å². The van der Waals surface area contributed by atoms with Gasteiger partial charge in [-0.1, -0.05) is 0 Å². The third-order valence-corrected chi connectivity index (χ3v) is 3.10. The minimum Gasteiger partial charge on any atom is -0.341 e. The van der Waals surface area contributed by atoms with Gasteiger partial charge in [0, 0.05) is 24.7 Å². The Labute approximate surface area is 119 Å². The number of hydrogen-bond donors (Lipinski definition) is 2. The first kappa shape index (κ1) is 14.1. The predicted molar refractivity (Wildman–Crippen MR) is 74.3 cm³/mol. The van der Waals surface area contributed by atoms with Gasteiger partial charge in [0.2, 0.25) is 5.91 Å². The molecule has 0 aliphatic heterocycles. The molecule has 2 aromatic rings. The molecule has 0 radical (unpaired) electrons. The lowest BCUT2D eigenvalue weighted by Crippen LogP contribution is -2.28. The fourth-order valence-corrected chi connectivity index (χ4v) is 2.19. The molecule has 104 valence electrons. The van der Waals surface area contributed by atoms with Crippen LogP contribution < -0.4 is 10.6 Å². The van der Waals surface area contributed by atoms with Crippen LogP contribution in [0.15, 0.2) is 23.8 Å². The second kappa shape index (κ2) is 6.20. The van der Waals surface area contributed by atoms with Gasteiger partial charge in [0.25, 0.3) is 5.91 Å². The van der Waals surface area contributed by atoms with Crippen LogP contribution in [0.25, 0.3) is 0 Å². The summed E-state index contributed by atoms with van der Waals surface area (Å²) in [5, 5.41) is 7.25. The number of thiazole rings is 1. The van der Waals surface area contributed by atoms with E-state index in [4.69, 9.17) is 0 Å². The highest BCUT2D eigenvalue weighted by molar-refractivity contribution is 7.14. The highest BCUT2D eigenvalue weighted by Gasteiger charge is 2.16. The van der Waals surface area contributed by atoms with Crippen LogP contribution in [0.1, 0.15) is 36.2 Å². The SMILES string of the molecule is CC(=O)Nc1nc(C(=O)NC(C)c2ncccn2)cs1. The number of hydrogen-bond acceptors (Lipinski definition) is 6. The molecule has 0 fully saturated rings. The number of rotatable bonds is 4. The van der Waals surface area contributed by atoms with Crippen molar-refractivity contribution in [1.82, 2.24) is 20.3 Å². The number of carbonyl (C=O) groups is 2. The summed E-state index contributed by atoms with van der Waals surface area (Å²) in [7, 11) is 0. The Morgan fingerprint density at radius 3 is 2.65 bits per heavy atom. The van der Waals surface area contributed by atoms with Crippen molar-refractivity contribution in [1.29, 1.82) is 0 Å². The van der Waals surface area contributed by atoms with Crippen LogP contribution in [0.2, 0.25) is 0 Å². The molecule has 0 saturated heterocycles. The van der Waals surface area contributed by atoms with E-state index in [2.05, 4.69) is 25.6 Å². The van der Waals surface area contributed by atoms with Crippen molar-refractivity contribution in [3.63, 3.8) is 0 Å². The Kier molecular flexibility index (Phi) is 4.36. The number of carbonyl (C=O) groups excluding carboxylic acids is 2. The number of nitrogens with zero attached hydrogens (tertiary/aromatic N) is 3. The van der Waals surface area contributed by atoms with Crippen molar-refractivity contribution in [3.05, 3.63) is 35.4 Å². The van der Waals surface area contributed by atoms with Crippen LogP contribution >= 0.6 is 11.3 Å². The Morgan fingerprint density at radius 1 is 1.30 bits per heavy atom. The maximum atomic E-state index is 12.0. The molecule has 0 spiro atoms. The van der Waals surface area contributed by atoms with Gasteiger partial charge in [-0.15, -0.1) is 11.3 Å². The van der Waals surface area contributed by atoms with E-state index in [1.165, 1.54) is 18.3 Å². The minimum absolute atomic E-state index is 0.225. The quantitative estimate of drug-likeness (QED) is 0.887. The molecule has 8 heteroatoms. The molecular weight excluding hydrogens is 278 g/mol. The van der Waals surface area contributed by atoms with Gasteiger partial charge in [0.15, 0.2) is 5.13 Å². The highest BCUT2D eigenvalue weighted by atomic mass is 32.1. The zero-order valence-corrected chi connectivity index (χ0v) is 11.8. The van der Waals surface area contributed by atoms with E-state index in [9.17, 15) is 9.59 Å². The number of nitrogens with one attached hydrogen (secondary N) is 2. The smallest absolute Gasteiger partial charge is 0.271 e. The summed E-state index contributed by atoms with van der Waals surface area (Å²) in [5.74, 6) is -0.0340. The van der Waals surface area contributed by atoms with Gasteiger partial charge < -0.3 is 10.6 Å². The second-order valence-electron chi connectivity index (χ2n) is 4.02. The number of aromatic nitrogens is 3. The van der Waals surface area contributed by atoms with Gasteiger partial charge >= 0.3 is 0 Å². The highest BCUT2D eigenvalue weighted by Crippen LogP contribution is 2.16. The third-order valence-electron chi connectivity index (χ3n) is 2.34. The summed E-state index contributed by atoms with van der Waals surface area (Å²) in [5.41, 5.74) is 0.251. The van der Waals surface area contributed by atoms with Crippen molar-refractivity contribution in [2.24, 2.45) is 0 Å². The monoisotopic (exact) mass is 291 g/mol. The molecule has 2 aromatic heterocycles. The average Bonchev–Trinajstić information content (AvgIpc) is 2.87. The molecule has 0 aliphatic rings. The lowest BCUT2D eigenvalue weighted by Gasteiger charge is -2.10. The molecule has 2 heterocycles. The molecule has 0 bridgehead atoms. The summed E-state index contributed by atoms with van der Waals surface area (Å²) in [6.45, 7) is 3.17. The fraction of sp³-hybridized carbons (Fsp3) is 0.250. The van der Waals surface area contributed by atoms with E-state index in [1.54, 1.807) is 30.8 Å². The molecular formula is C12H13N5O2S. The lowest BCUT2D eigenvalue weighted by molar-refractivity contribution is -0.114. The van der Waals surface area contributed by atoms with Crippen molar-refractivity contribution >= 4 is 28.3 Å². The van der Waals surface area contributed by atoms with Gasteiger partial charge in [0.1, 0.15) is 11.5 Å². The molecule has 20 heavy (non-hydrogen) atoms. The standard InChI is InChI=1S/C12H13N5O2S/c1-7(10-13-4-3-5-14-10)15-11(19)9-6-20-12(17-9)16-8(2)18/h3-7H,1-2H3,(H,15,19)(H,16,17,18). The summed E-state index contributed by atoms with van der Waals surface area (Å²) >= 11 is 1.19. The van der Waals surface area contributed by atoms with E-state index in [1.807, 2.05) is 0 Å². The molecule has 1 atom stereocenters. The first-order valence-corrected chi connectivity index (χ1v) is 6.75. The zero-order chi connectivity index (χ0) is 14.5. The largest absolute Gasteiger partial charge is 0.341 e. The Balaban J connectivity index is 2.01. The third kappa shape index (κ3) is 3.58.